The Bertz CT molecular complexity index is 358. The van der Waals surface area contributed by atoms with Crippen molar-refractivity contribution < 1.29 is 4.79 Å². The van der Waals surface area contributed by atoms with E-state index in [-0.39, 0.29) is 11.4 Å². The lowest BCUT2D eigenvalue weighted by Gasteiger charge is -2.37. The van der Waals surface area contributed by atoms with E-state index < -0.39 is 0 Å². The third-order valence-electron chi connectivity index (χ3n) is 4.16. The predicted octanol–water partition coefficient (Wildman–Crippen LogP) is 1.65. The first-order valence-corrected chi connectivity index (χ1v) is 6.62. The first-order chi connectivity index (χ1) is 8.16. The maximum Gasteiger partial charge on any atom is 0.269 e. The summed E-state index contributed by atoms with van der Waals surface area (Å²) in [5.74, 6) is 0.425. The molecule has 4 heteroatoms. The monoisotopic (exact) mass is 253 g/mol. The smallest absolute Gasteiger partial charge is 0.269 e. The van der Waals surface area contributed by atoms with Crippen LogP contribution in [0.2, 0.25) is 0 Å². The van der Waals surface area contributed by atoms with Gasteiger partial charge in [0.25, 0.3) is 5.91 Å². The molecule has 1 aliphatic rings. The average Bonchev–Trinajstić information content (AvgIpc) is 2.23. The highest BCUT2D eigenvalue weighted by molar-refractivity contribution is 5.94. The van der Waals surface area contributed by atoms with Crippen LogP contribution in [0.4, 0.5) is 0 Å². The molecule has 0 aliphatic carbocycles. The number of likely N-dealkylation sites (N-methyl/N-ethyl adjacent to an activating group) is 2. The fraction of sp³-hybridized carbons (Fsp3) is 0.786. The molecule has 1 amide bonds. The summed E-state index contributed by atoms with van der Waals surface area (Å²) >= 11 is 0. The van der Waals surface area contributed by atoms with E-state index in [1.807, 2.05) is 25.9 Å². The minimum absolute atomic E-state index is 0.0280. The van der Waals surface area contributed by atoms with Gasteiger partial charge in [-0.2, -0.15) is 0 Å². The molecule has 1 rings (SSSR count). The fourth-order valence-corrected chi connectivity index (χ4v) is 1.87. The van der Waals surface area contributed by atoms with Gasteiger partial charge in [0.05, 0.1) is 0 Å². The molecule has 1 N–H and O–H groups in total. The van der Waals surface area contributed by atoms with Crippen molar-refractivity contribution in [2.75, 3.05) is 27.2 Å². The fourth-order valence-electron chi connectivity index (χ4n) is 1.87. The zero-order chi connectivity index (χ0) is 14.1. The third kappa shape index (κ3) is 2.98. The summed E-state index contributed by atoms with van der Waals surface area (Å²) in [6.45, 7) is 12.2. The molecular weight excluding hydrogens is 226 g/mol. The summed E-state index contributed by atoms with van der Waals surface area (Å²) in [6, 6.07) is 0. The highest BCUT2D eigenvalue weighted by Gasteiger charge is 2.30. The van der Waals surface area contributed by atoms with Crippen LogP contribution in [0.15, 0.2) is 11.4 Å². The Balaban J connectivity index is 2.93. The number of carbonyl (C=O) groups is 1. The molecule has 0 saturated carbocycles. The van der Waals surface area contributed by atoms with Crippen LogP contribution in [0.25, 0.3) is 0 Å². The van der Waals surface area contributed by atoms with Crippen molar-refractivity contribution >= 4 is 5.91 Å². The van der Waals surface area contributed by atoms with Crippen LogP contribution in [0.3, 0.4) is 0 Å². The van der Waals surface area contributed by atoms with E-state index in [1.165, 1.54) is 0 Å². The first kappa shape index (κ1) is 14.9. The normalized spacial score (nSPS) is 17.6. The molecule has 18 heavy (non-hydrogen) atoms. The van der Waals surface area contributed by atoms with Crippen LogP contribution < -0.4 is 5.32 Å². The molecule has 0 atom stereocenters. The topological polar surface area (TPSA) is 35.6 Å². The summed E-state index contributed by atoms with van der Waals surface area (Å²) in [4.78, 5) is 16.6. The minimum atomic E-state index is -0.193. The Morgan fingerprint density at radius 3 is 2.22 bits per heavy atom. The molecule has 0 saturated heterocycles. The minimum Gasteiger partial charge on any atom is -0.375 e. The molecule has 1 aliphatic heterocycles. The van der Waals surface area contributed by atoms with Gasteiger partial charge >= 0.3 is 0 Å². The molecule has 0 unspecified atom stereocenters. The summed E-state index contributed by atoms with van der Waals surface area (Å²) in [5, 5.41) is 3.14. The van der Waals surface area contributed by atoms with Crippen LogP contribution >= 0.6 is 0 Å². The van der Waals surface area contributed by atoms with Gasteiger partial charge in [0.15, 0.2) is 0 Å². The Labute approximate surface area is 111 Å². The Hall–Kier alpha value is -1.19. The van der Waals surface area contributed by atoms with E-state index >= 15 is 0 Å². The molecule has 0 radical (unpaired) electrons. The molecular formula is C14H27N3O. The van der Waals surface area contributed by atoms with Gasteiger partial charge in [-0.05, 0) is 26.7 Å². The van der Waals surface area contributed by atoms with Gasteiger partial charge in [-0.3, -0.25) is 4.79 Å². The zero-order valence-electron chi connectivity index (χ0n) is 12.8. The molecule has 4 nitrogen and oxygen atoms in total. The van der Waals surface area contributed by atoms with Crippen molar-refractivity contribution in [1.82, 2.24) is 15.1 Å². The Morgan fingerprint density at radius 2 is 1.72 bits per heavy atom. The summed E-state index contributed by atoms with van der Waals surface area (Å²) in [5.41, 5.74) is 1.64. The molecule has 104 valence electrons. The molecule has 0 spiro atoms. The second-order valence-electron chi connectivity index (χ2n) is 6.11. The summed E-state index contributed by atoms with van der Waals surface area (Å²) < 4.78 is 0. The van der Waals surface area contributed by atoms with E-state index in [4.69, 9.17) is 0 Å². The highest BCUT2D eigenvalue weighted by atomic mass is 16.2. The van der Waals surface area contributed by atoms with Crippen LogP contribution in [0.5, 0.6) is 0 Å². The zero-order valence-corrected chi connectivity index (χ0v) is 12.8. The number of carbonyl (C=O) groups excluding carboxylic acids is 1. The second kappa shape index (κ2) is 5.21. The first-order valence-electron chi connectivity index (χ1n) is 6.62. The molecule has 0 aromatic carbocycles. The van der Waals surface area contributed by atoms with Gasteiger partial charge in [-0.15, -0.1) is 0 Å². The predicted molar refractivity (Wildman–Crippen MR) is 75.0 cm³/mol. The Kier molecular flexibility index (Phi) is 4.30. The lowest BCUT2D eigenvalue weighted by atomic mass is 9.90. The third-order valence-corrected chi connectivity index (χ3v) is 4.16. The van der Waals surface area contributed by atoms with E-state index in [2.05, 4.69) is 37.9 Å². The van der Waals surface area contributed by atoms with E-state index in [0.29, 0.717) is 5.92 Å². The molecule has 0 aromatic rings. The van der Waals surface area contributed by atoms with Crippen LogP contribution in [-0.2, 0) is 4.79 Å². The van der Waals surface area contributed by atoms with Crippen LogP contribution in [0.1, 0.15) is 34.6 Å². The van der Waals surface area contributed by atoms with Gasteiger partial charge < -0.3 is 15.1 Å². The quantitative estimate of drug-likeness (QED) is 0.830. The molecule has 0 aromatic heterocycles. The van der Waals surface area contributed by atoms with E-state index in [9.17, 15) is 4.79 Å². The average molecular weight is 253 g/mol. The number of allylic oxidation sites excluding steroid dienone is 1. The molecule has 0 fully saturated rings. The maximum atomic E-state index is 12.4. The van der Waals surface area contributed by atoms with Crippen molar-refractivity contribution in [1.29, 1.82) is 0 Å². The number of hydrogen-bond acceptors (Lipinski definition) is 3. The molecule has 0 bridgehead atoms. The Morgan fingerprint density at radius 1 is 1.22 bits per heavy atom. The van der Waals surface area contributed by atoms with Crippen molar-refractivity contribution in [3.05, 3.63) is 11.4 Å². The standard InChI is InChI=1S/C14H27N3O/c1-10(2)14(4,5)15-13(18)12-11(3)16(6)8-9-17(12)7/h10H,8-9H2,1-7H3,(H,15,18). The maximum absolute atomic E-state index is 12.4. The van der Waals surface area contributed by atoms with Crippen molar-refractivity contribution in [2.45, 2.75) is 40.2 Å². The number of nitrogens with one attached hydrogen (secondary N) is 1. The lowest BCUT2D eigenvalue weighted by molar-refractivity contribution is -0.121. The summed E-state index contributed by atoms with van der Waals surface area (Å²) in [6.07, 6.45) is 0. The van der Waals surface area contributed by atoms with Gasteiger partial charge in [-0.25, -0.2) is 0 Å². The van der Waals surface area contributed by atoms with E-state index in [1.54, 1.807) is 0 Å². The van der Waals surface area contributed by atoms with Gasteiger partial charge in [0.1, 0.15) is 5.70 Å². The van der Waals surface area contributed by atoms with Crippen LogP contribution in [-0.4, -0.2) is 48.4 Å². The van der Waals surface area contributed by atoms with Gasteiger partial charge in [0.2, 0.25) is 0 Å². The van der Waals surface area contributed by atoms with Crippen LogP contribution in [0, 0.1) is 5.92 Å². The van der Waals surface area contributed by atoms with E-state index in [0.717, 1.165) is 24.5 Å². The van der Waals surface area contributed by atoms with Crippen molar-refractivity contribution in [3.8, 4) is 0 Å². The number of hydrogen-bond donors (Lipinski definition) is 1. The second-order valence-corrected chi connectivity index (χ2v) is 6.11. The SMILES string of the molecule is CC1=C(C(=O)NC(C)(C)C(C)C)N(C)CCN1C. The number of nitrogens with zero attached hydrogens (tertiary/aromatic N) is 2. The largest absolute Gasteiger partial charge is 0.375 e. The highest BCUT2D eigenvalue weighted by Crippen LogP contribution is 2.20. The number of amides is 1. The van der Waals surface area contributed by atoms with Crippen molar-refractivity contribution in [3.63, 3.8) is 0 Å². The lowest BCUT2D eigenvalue weighted by Crippen LogP contribution is -2.51. The number of rotatable bonds is 3. The molecule has 1 heterocycles. The van der Waals surface area contributed by atoms with Crippen molar-refractivity contribution in [2.24, 2.45) is 5.92 Å². The summed E-state index contributed by atoms with van der Waals surface area (Å²) in [7, 11) is 4.01. The van der Waals surface area contributed by atoms with Gasteiger partial charge in [-0.1, -0.05) is 13.8 Å². The van der Waals surface area contributed by atoms with Gasteiger partial charge in [0, 0.05) is 38.4 Å².